The Morgan fingerprint density at radius 1 is 1.25 bits per heavy atom. The molecule has 1 aliphatic rings. The van der Waals surface area contributed by atoms with Crippen LogP contribution >= 0.6 is 0 Å². The first-order valence-electron chi connectivity index (χ1n) is 2.03. The first-order chi connectivity index (χ1) is 3.43. The summed E-state index contributed by atoms with van der Waals surface area (Å²) in [5, 5.41) is 0. The molecule has 1 nitrogen and oxygen atoms in total. The molecule has 2 heteroatoms. The van der Waals surface area contributed by atoms with Gasteiger partial charge in [0.15, 0.2) is 0 Å². The third kappa shape index (κ3) is 1.50. The van der Waals surface area contributed by atoms with Crippen LogP contribution in [0.4, 0.5) is 0 Å². The molecule has 1 rings (SSSR count). The minimum absolute atomic E-state index is 0. The molecule has 0 bridgehead atoms. The molecular weight excluding hydrogens is 147 g/mol. The van der Waals surface area contributed by atoms with Crippen LogP contribution in [-0.2, 0) is 21.6 Å². The van der Waals surface area contributed by atoms with Crippen LogP contribution in [0.25, 0.3) is 0 Å². The van der Waals surface area contributed by atoms with E-state index in [1.165, 1.54) is 0 Å². The van der Waals surface area contributed by atoms with E-state index in [-0.39, 0.29) is 16.8 Å². The SMILES string of the molecule is O=C=C1C=CC=C1.[Co]. The van der Waals surface area contributed by atoms with Gasteiger partial charge >= 0.3 is 0 Å². The van der Waals surface area contributed by atoms with Crippen molar-refractivity contribution in [2.24, 2.45) is 0 Å². The van der Waals surface area contributed by atoms with Crippen molar-refractivity contribution in [1.29, 1.82) is 0 Å². The Morgan fingerprint density at radius 2 is 1.75 bits per heavy atom. The molecule has 0 heterocycles. The van der Waals surface area contributed by atoms with E-state index in [2.05, 4.69) is 0 Å². The molecule has 0 aliphatic heterocycles. The number of carbonyl (C=O) groups excluding carboxylic acids is 1. The second kappa shape index (κ2) is 3.44. The number of allylic oxidation sites excluding steroid dienone is 5. The van der Waals surface area contributed by atoms with E-state index < -0.39 is 0 Å². The van der Waals surface area contributed by atoms with Crippen LogP contribution in [0.1, 0.15) is 0 Å². The molecule has 0 amide bonds. The Kier molecular flexibility index (Phi) is 3.20. The normalized spacial score (nSPS) is 13.2. The summed E-state index contributed by atoms with van der Waals surface area (Å²) in [5.74, 6) is 1.76. The van der Waals surface area contributed by atoms with Gasteiger partial charge < -0.3 is 0 Å². The van der Waals surface area contributed by atoms with Crippen molar-refractivity contribution in [3.63, 3.8) is 0 Å². The molecule has 0 spiro atoms. The Balaban J connectivity index is 0.000000490. The van der Waals surface area contributed by atoms with Gasteiger partial charge in [0.25, 0.3) is 0 Å². The van der Waals surface area contributed by atoms with Crippen LogP contribution in [0.15, 0.2) is 29.9 Å². The van der Waals surface area contributed by atoms with Crippen molar-refractivity contribution in [3.8, 4) is 0 Å². The van der Waals surface area contributed by atoms with Gasteiger partial charge in [-0.1, -0.05) is 12.2 Å². The van der Waals surface area contributed by atoms with E-state index in [1.807, 2.05) is 0 Å². The molecular formula is C6H4CoO. The Labute approximate surface area is 58.0 Å². The Morgan fingerprint density at radius 3 is 2.00 bits per heavy atom. The largest absolute Gasteiger partial charge is 0.233 e. The molecule has 1 radical (unpaired) electrons. The maximum atomic E-state index is 9.74. The molecule has 0 unspecified atom stereocenters. The maximum Gasteiger partial charge on any atom is 0.132 e. The average molecular weight is 151 g/mol. The zero-order valence-corrected chi connectivity index (χ0v) is 5.09. The molecule has 0 N–H and O–H groups in total. The van der Waals surface area contributed by atoms with Gasteiger partial charge in [-0.25, -0.2) is 4.79 Å². The summed E-state index contributed by atoms with van der Waals surface area (Å²) >= 11 is 0. The third-order valence-corrected chi connectivity index (χ3v) is 0.781. The van der Waals surface area contributed by atoms with Crippen molar-refractivity contribution >= 4 is 5.94 Å². The fourth-order valence-electron chi connectivity index (χ4n) is 0.442. The summed E-state index contributed by atoms with van der Waals surface area (Å²) in [4.78, 5) is 9.74. The van der Waals surface area contributed by atoms with Crippen LogP contribution in [0.3, 0.4) is 0 Å². The van der Waals surface area contributed by atoms with E-state index in [4.69, 9.17) is 0 Å². The molecule has 0 atom stereocenters. The van der Waals surface area contributed by atoms with Crippen LogP contribution < -0.4 is 0 Å². The van der Waals surface area contributed by atoms with Crippen molar-refractivity contribution in [1.82, 2.24) is 0 Å². The number of rotatable bonds is 0. The predicted molar refractivity (Wildman–Crippen MR) is 27.5 cm³/mol. The Bertz CT molecular complexity index is 159. The smallest absolute Gasteiger partial charge is 0.132 e. The third-order valence-electron chi connectivity index (χ3n) is 0.781. The van der Waals surface area contributed by atoms with Gasteiger partial charge in [0.05, 0.1) is 5.57 Å². The van der Waals surface area contributed by atoms with Gasteiger partial charge in [0, 0.05) is 16.8 Å². The van der Waals surface area contributed by atoms with Crippen molar-refractivity contribution < 1.29 is 21.6 Å². The van der Waals surface area contributed by atoms with E-state index in [9.17, 15) is 4.79 Å². The zero-order valence-electron chi connectivity index (χ0n) is 4.05. The van der Waals surface area contributed by atoms with Crippen molar-refractivity contribution in [2.45, 2.75) is 0 Å². The van der Waals surface area contributed by atoms with Gasteiger partial charge in [-0.2, -0.15) is 0 Å². The molecule has 0 aromatic heterocycles. The topological polar surface area (TPSA) is 17.1 Å². The molecule has 0 aromatic carbocycles. The van der Waals surface area contributed by atoms with E-state index in [0.29, 0.717) is 5.57 Å². The van der Waals surface area contributed by atoms with Gasteiger partial charge in [-0.3, -0.25) is 0 Å². The quantitative estimate of drug-likeness (QED) is 0.469. The second-order valence-corrected chi connectivity index (χ2v) is 1.28. The standard InChI is InChI=1S/C6H4O.Co/c7-5-6-3-1-2-4-6;/h1-4H;. The van der Waals surface area contributed by atoms with E-state index in [1.54, 1.807) is 30.2 Å². The second-order valence-electron chi connectivity index (χ2n) is 1.28. The summed E-state index contributed by atoms with van der Waals surface area (Å²) in [5.41, 5.74) is 0.625. The van der Waals surface area contributed by atoms with Crippen LogP contribution in [0, 0.1) is 0 Å². The summed E-state index contributed by atoms with van der Waals surface area (Å²) in [7, 11) is 0. The molecule has 0 saturated heterocycles. The van der Waals surface area contributed by atoms with Crippen molar-refractivity contribution in [2.75, 3.05) is 0 Å². The van der Waals surface area contributed by atoms with Crippen molar-refractivity contribution in [3.05, 3.63) is 29.9 Å². The first kappa shape index (κ1) is 7.44. The fraction of sp³-hybridized carbons (Fsp3) is 0. The van der Waals surface area contributed by atoms with Crippen LogP contribution in [0.2, 0.25) is 0 Å². The molecule has 43 valence electrons. The van der Waals surface area contributed by atoms with Gasteiger partial charge in [0.2, 0.25) is 0 Å². The molecule has 0 fully saturated rings. The predicted octanol–water partition coefficient (Wildman–Crippen LogP) is 0.868. The Hall–Kier alpha value is -0.564. The minimum Gasteiger partial charge on any atom is -0.233 e. The zero-order chi connectivity index (χ0) is 5.11. The van der Waals surface area contributed by atoms with Gasteiger partial charge in [-0.15, -0.1) is 0 Å². The van der Waals surface area contributed by atoms with E-state index in [0.717, 1.165) is 0 Å². The summed E-state index contributed by atoms with van der Waals surface area (Å²) < 4.78 is 0. The monoisotopic (exact) mass is 151 g/mol. The molecule has 8 heavy (non-hydrogen) atoms. The van der Waals surface area contributed by atoms with Gasteiger partial charge in [-0.05, 0) is 12.2 Å². The number of hydrogen-bond acceptors (Lipinski definition) is 1. The number of hydrogen-bond donors (Lipinski definition) is 0. The maximum absolute atomic E-state index is 9.74. The average Bonchev–Trinajstić information content (AvgIpc) is 2.14. The summed E-state index contributed by atoms with van der Waals surface area (Å²) in [6, 6.07) is 0. The first-order valence-corrected chi connectivity index (χ1v) is 2.03. The molecule has 0 saturated carbocycles. The van der Waals surface area contributed by atoms with Crippen LogP contribution in [-0.4, -0.2) is 5.94 Å². The fourth-order valence-corrected chi connectivity index (χ4v) is 0.442. The van der Waals surface area contributed by atoms with Crippen LogP contribution in [0.5, 0.6) is 0 Å². The molecule has 1 aliphatic carbocycles. The summed E-state index contributed by atoms with van der Waals surface area (Å²) in [6.07, 6.45) is 7.04. The molecule has 0 aromatic rings. The van der Waals surface area contributed by atoms with Gasteiger partial charge in [0.1, 0.15) is 5.94 Å². The summed E-state index contributed by atoms with van der Waals surface area (Å²) in [6.45, 7) is 0. The van der Waals surface area contributed by atoms with E-state index >= 15 is 0 Å². The minimum atomic E-state index is 0.